The summed E-state index contributed by atoms with van der Waals surface area (Å²) in [5.41, 5.74) is 2.32. The second-order valence-corrected chi connectivity index (χ2v) is 8.21. The molecule has 0 saturated heterocycles. The van der Waals surface area contributed by atoms with Gasteiger partial charge in [0.25, 0.3) is 0 Å². The highest BCUT2D eigenvalue weighted by Crippen LogP contribution is 2.37. The molecule has 1 aliphatic rings. The number of sulfonamides is 1. The first-order valence-corrected chi connectivity index (χ1v) is 10.7. The third kappa shape index (κ3) is 4.06. The van der Waals surface area contributed by atoms with Crippen molar-refractivity contribution >= 4 is 15.7 Å². The van der Waals surface area contributed by atoms with Crippen LogP contribution in [-0.2, 0) is 10.0 Å². The number of hydrogen-bond donors (Lipinski definition) is 0. The van der Waals surface area contributed by atoms with Gasteiger partial charge >= 0.3 is 0 Å². The first kappa shape index (κ1) is 20.0. The molecule has 2 aromatic carbocycles. The van der Waals surface area contributed by atoms with Gasteiger partial charge in [-0.1, -0.05) is 12.1 Å². The van der Waals surface area contributed by atoms with Crippen molar-refractivity contribution in [1.82, 2.24) is 4.41 Å². The van der Waals surface area contributed by atoms with Gasteiger partial charge in [0.2, 0.25) is 10.0 Å². The van der Waals surface area contributed by atoms with Crippen LogP contribution in [0.25, 0.3) is 0 Å². The van der Waals surface area contributed by atoms with Crippen molar-refractivity contribution in [3.05, 3.63) is 53.6 Å². The zero-order valence-electron chi connectivity index (χ0n) is 16.4. The van der Waals surface area contributed by atoms with Crippen molar-refractivity contribution in [2.45, 2.75) is 19.4 Å². The largest absolute Gasteiger partial charge is 0.494 e. The number of methoxy groups -OCH3 is 2. The van der Waals surface area contributed by atoms with Gasteiger partial charge in [0.15, 0.2) is 11.5 Å². The summed E-state index contributed by atoms with van der Waals surface area (Å²) in [6.45, 7) is 2.49. The van der Waals surface area contributed by atoms with Crippen LogP contribution in [0.15, 0.2) is 47.6 Å². The Morgan fingerprint density at radius 3 is 2.32 bits per heavy atom. The topological polar surface area (TPSA) is 77.4 Å². The minimum atomic E-state index is -3.53. The van der Waals surface area contributed by atoms with Crippen LogP contribution in [-0.4, -0.2) is 45.6 Å². The van der Waals surface area contributed by atoms with E-state index >= 15 is 0 Å². The summed E-state index contributed by atoms with van der Waals surface area (Å²) in [4.78, 5) is 0. The molecular formula is C20H24N2O5S. The Morgan fingerprint density at radius 2 is 1.75 bits per heavy atom. The second kappa shape index (κ2) is 8.10. The highest BCUT2D eigenvalue weighted by atomic mass is 32.2. The number of ether oxygens (including phenoxy) is 3. The number of nitrogens with zero attached hydrogens (tertiary/aromatic N) is 2. The van der Waals surface area contributed by atoms with Crippen LogP contribution in [0.3, 0.4) is 0 Å². The lowest BCUT2D eigenvalue weighted by atomic mass is 9.99. The summed E-state index contributed by atoms with van der Waals surface area (Å²) in [6, 6.07) is 12.5. The fraction of sp³-hybridized carbons (Fsp3) is 0.350. The van der Waals surface area contributed by atoms with Crippen molar-refractivity contribution in [3.63, 3.8) is 0 Å². The molecule has 0 spiro atoms. The van der Waals surface area contributed by atoms with E-state index < -0.39 is 16.1 Å². The summed E-state index contributed by atoms with van der Waals surface area (Å²) in [5, 5.41) is 4.41. The zero-order chi connectivity index (χ0) is 20.3. The molecule has 0 aliphatic carbocycles. The summed E-state index contributed by atoms with van der Waals surface area (Å²) >= 11 is 0. The van der Waals surface area contributed by atoms with E-state index in [1.165, 1.54) is 4.41 Å². The van der Waals surface area contributed by atoms with Gasteiger partial charge in [0, 0.05) is 12.0 Å². The van der Waals surface area contributed by atoms with Crippen molar-refractivity contribution in [1.29, 1.82) is 0 Å². The van der Waals surface area contributed by atoms with Gasteiger partial charge in [-0.25, -0.2) is 8.42 Å². The average molecular weight is 404 g/mol. The minimum absolute atomic E-state index is 0.409. The Hall–Kier alpha value is -2.74. The molecular weight excluding hydrogens is 380 g/mol. The van der Waals surface area contributed by atoms with E-state index in [9.17, 15) is 8.42 Å². The predicted octanol–water partition coefficient (Wildman–Crippen LogP) is 3.21. The fourth-order valence-corrected chi connectivity index (χ4v) is 4.09. The predicted molar refractivity (Wildman–Crippen MR) is 108 cm³/mol. The van der Waals surface area contributed by atoms with Gasteiger partial charge in [-0.2, -0.15) is 9.52 Å². The molecule has 0 bridgehead atoms. The van der Waals surface area contributed by atoms with E-state index in [1.807, 2.05) is 37.3 Å². The summed E-state index contributed by atoms with van der Waals surface area (Å²) in [6.07, 6.45) is 1.62. The number of rotatable bonds is 7. The lowest BCUT2D eigenvalue weighted by Crippen LogP contribution is -2.25. The maximum atomic E-state index is 12.3. The van der Waals surface area contributed by atoms with Crippen LogP contribution < -0.4 is 14.2 Å². The summed E-state index contributed by atoms with van der Waals surface area (Å²) in [5.74, 6) is 1.92. The third-order valence-corrected chi connectivity index (χ3v) is 5.52. The van der Waals surface area contributed by atoms with Crippen molar-refractivity contribution in [2.24, 2.45) is 5.10 Å². The molecule has 0 saturated carbocycles. The van der Waals surface area contributed by atoms with Gasteiger partial charge in [0.05, 0.1) is 38.8 Å². The van der Waals surface area contributed by atoms with Crippen LogP contribution >= 0.6 is 0 Å². The lowest BCUT2D eigenvalue weighted by molar-refractivity contribution is 0.339. The Labute approximate surface area is 165 Å². The molecule has 7 nitrogen and oxygen atoms in total. The maximum absolute atomic E-state index is 12.3. The quantitative estimate of drug-likeness (QED) is 0.708. The molecule has 1 heterocycles. The zero-order valence-corrected chi connectivity index (χ0v) is 17.2. The Kier molecular flexibility index (Phi) is 5.79. The smallest absolute Gasteiger partial charge is 0.247 e. The van der Waals surface area contributed by atoms with Crippen molar-refractivity contribution < 1.29 is 22.6 Å². The van der Waals surface area contributed by atoms with Gasteiger partial charge < -0.3 is 14.2 Å². The van der Waals surface area contributed by atoms with Gasteiger partial charge in [-0.3, -0.25) is 0 Å². The lowest BCUT2D eigenvalue weighted by Gasteiger charge is -2.21. The molecule has 0 amide bonds. The Balaban J connectivity index is 1.95. The normalized spacial score (nSPS) is 16.6. The highest BCUT2D eigenvalue weighted by Gasteiger charge is 2.34. The van der Waals surface area contributed by atoms with Gasteiger partial charge in [0.1, 0.15) is 5.75 Å². The van der Waals surface area contributed by atoms with Crippen LogP contribution in [0, 0.1) is 0 Å². The van der Waals surface area contributed by atoms with E-state index in [-0.39, 0.29) is 0 Å². The van der Waals surface area contributed by atoms with E-state index in [0.29, 0.717) is 30.2 Å². The first-order chi connectivity index (χ1) is 13.4. The van der Waals surface area contributed by atoms with E-state index in [0.717, 1.165) is 23.1 Å². The molecule has 0 aromatic heterocycles. The Bertz CT molecular complexity index is 971. The van der Waals surface area contributed by atoms with Crippen LogP contribution in [0.5, 0.6) is 17.2 Å². The van der Waals surface area contributed by atoms with Gasteiger partial charge in [-0.05, 0) is 42.8 Å². The SMILES string of the molecule is CCOc1ccc(C2CC(c3ccc(OC)c(OC)c3)=NN2S(C)(=O)=O)cc1. The molecule has 1 aliphatic heterocycles. The molecule has 3 rings (SSSR count). The van der Waals surface area contributed by atoms with Crippen LogP contribution in [0.4, 0.5) is 0 Å². The maximum Gasteiger partial charge on any atom is 0.247 e. The number of hydrogen-bond acceptors (Lipinski definition) is 6. The molecule has 1 unspecified atom stereocenters. The highest BCUT2D eigenvalue weighted by molar-refractivity contribution is 7.88. The summed E-state index contributed by atoms with van der Waals surface area (Å²) < 4.78 is 41.9. The molecule has 1 atom stereocenters. The molecule has 8 heteroatoms. The van der Waals surface area contributed by atoms with E-state index in [4.69, 9.17) is 14.2 Å². The molecule has 150 valence electrons. The second-order valence-electron chi connectivity index (χ2n) is 6.37. The number of benzene rings is 2. The average Bonchev–Trinajstić information content (AvgIpc) is 3.14. The van der Waals surface area contributed by atoms with Gasteiger partial charge in [-0.15, -0.1) is 0 Å². The molecule has 0 N–H and O–H groups in total. The van der Waals surface area contributed by atoms with E-state index in [2.05, 4.69) is 5.10 Å². The fourth-order valence-electron chi connectivity index (χ4n) is 3.19. The standard InChI is InChI=1S/C20H24N2O5S/c1-5-27-16-9-6-14(7-10-16)18-13-17(21-22(18)28(4,23)24)15-8-11-19(25-2)20(12-15)26-3/h6-12,18H,5,13H2,1-4H3. The van der Waals surface area contributed by atoms with E-state index in [1.54, 1.807) is 26.4 Å². The van der Waals surface area contributed by atoms with Crippen LogP contribution in [0.2, 0.25) is 0 Å². The van der Waals surface area contributed by atoms with Crippen LogP contribution in [0.1, 0.15) is 30.5 Å². The van der Waals surface area contributed by atoms with Crippen molar-refractivity contribution in [2.75, 3.05) is 27.1 Å². The molecule has 0 radical (unpaired) electrons. The molecule has 2 aromatic rings. The molecule has 0 fully saturated rings. The number of hydrazone groups is 1. The first-order valence-electron chi connectivity index (χ1n) is 8.89. The summed E-state index contributed by atoms with van der Waals surface area (Å²) in [7, 11) is -0.404. The minimum Gasteiger partial charge on any atom is -0.494 e. The van der Waals surface area contributed by atoms with Crippen molar-refractivity contribution in [3.8, 4) is 17.2 Å². The Morgan fingerprint density at radius 1 is 1.07 bits per heavy atom. The monoisotopic (exact) mass is 404 g/mol. The third-order valence-electron chi connectivity index (χ3n) is 4.51. The molecule has 28 heavy (non-hydrogen) atoms.